The molecule has 5 heteroatoms. The minimum Gasteiger partial charge on any atom is -0.398 e. The number of likely N-dealkylation sites (N-methyl/N-ethyl adjacent to an activating group) is 1. The number of fused-ring (bicyclic) bond motifs is 1. The zero-order chi connectivity index (χ0) is 9.59. The van der Waals surface area contributed by atoms with Crippen molar-refractivity contribution in [2.24, 2.45) is 16.5 Å². The molecule has 0 aliphatic carbocycles. The fourth-order valence-corrected chi connectivity index (χ4v) is 1.45. The Kier molecular flexibility index (Phi) is 1.56. The van der Waals surface area contributed by atoms with Gasteiger partial charge in [-0.25, -0.2) is 10.0 Å². The maximum absolute atomic E-state index is 5.89. The summed E-state index contributed by atoms with van der Waals surface area (Å²) in [5, 5.41) is 3.91. The van der Waals surface area contributed by atoms with Crippen LogP contribution in [0.15, 0.2) is 28.8 Å². The number of hydrogen-bond donors (Lipinski definition) is 2. The Morgan fingerprint density at radius 3 is 2.85 bits per heavy atom. The van der Waals surface area contributed by atoms with Crippen LogP contribution in [0.3, 0.4) is 0 Å². The van der Waals surface area contributed by atoms with Gasteiger partial charge in [-0.1, -0.05) is 0 Å². The van der Waals surface area contributed by atoms with Crippen molar-refractivity contribution in [3.63, 3.8) is 0 Å². The SMILES string of the molecule is CC1C(N)=C2N=C(N)C=CN2N1C. The molecule has 0 spiro atoms. The highest BCUT2D eigenvalue weighted by Crippen LogP contribution is 2.27. The Hall–Kier alpha value is -1.49. The van der Waals surface area contributed by atoms with E-state index in [4.69, 9.17) is 11.5 Å². The average Bonchev–Trinajstić information content (AvgIpc) is 2.32. The first-order valence-electron chi connectivity index (χ1n) is 4.15. The summed E-state index contributed by atoms with van der Waals surface area (Å²) in [6.45, 7) is 2.03. The summed E-state index contributed by atoms with van der Waals surface area (Å²) in [4.78, 5) is 4.17. The number of hydrogen-bond acceptors (Lipinski definition) is 5. The lowest BCUT2D eigenvalue weighted by Gasteiger charge is -2.27. The predicted molar refractivity (Wildman–Crippen MR) is 51.0 cm³/mol. The van der Waals surface area contributed by atoms with Gasteiger partial charge in [-0.3, -0.25) is 5.01 Å². The molecule has 0 saturated heterocycles. The second-order valence-corrected chi connectivity index (χ2v) is 3.23. The Labute approximate surface area is 77.0 Å². The summed E-state index contributed by atoms with van der Waals surface area (Å²) in [6, 6.07) is 0.175. The molecular weight excluding hydrogens is 166 g/mol. The number of amidine groups is 1. The van der Waals surface area contributed by atoms with Crippen molar-refractivity contribution in [1.29, 1.82) is 0 Å². The number of hydrazine groups is 1. The highest BCUT2D eigenvalue weighted by Gasteiger charge is 2.32. The lowest BCUT2D eigenvalue weighted by Crippen LogP contribution is -2.36. The summed E-state index contributed by atoms with van der Waals surface area (Å²) in [7, 11) is 1.96. The third kappa shape index (κ3) is 1.01. The van der Waals surface area contributed by atoms with E-state index in [1.165, 1.54) is 0 Å². The van der Waals surface area contributed by atoms with Crippen molar-refractivity contribution >= 4 is 5.84 Å². The zero-order valence-corrected chi connectivity index (χ0v) is 7.73. The monoisotopic (exact) mass is 179 g/mol. The summed E-state index contributed by atoms with van der Waals surface area (Å²) >= 11 is 0. The molecule has 0 radical (unpaired) electrons. The van der Waals surface area contributed by atoms with Crippen LogP contribution in [0, 0.1) is 0 Å². The fraction of sp³-hybridized carbons (Fsp3) is 0.375. The van der Waals surface area contributed by atoms with Gasteiger partial charge in [-0.15, -0.1) is 0 Å². The normalized spacial score (nSPS) is 28.0. The topological polar surface area (TPSA) is 70.9 Å². The fourth-order valence-electron chi connectivity index (χ4n) is 1.45. The summed E-state index contributed by atoms with van der Waals surface area (Å²) in [5.74, 6) is 1.24. The number of nitrogens with zero attached hydrogens (tertiary/aromatic N) is 3. The van der Waals surface area contributed by atoms with Crippen molar-refractivity contribution in [3.05, 3.63) is 23.8 Å². The third-order valence-corrected chi connectivity index (χ3v) is 2.45. The van der Waals surface area contributed by atoms with Crippen LogP contribution in [0.4, 0.5) is 0 Å². The van der Waals surface area contributed by atoms with Gasteiger partial charge in [0.15, 0.2) is 5.82 Å². The molecule has 1 unspecified atom stereocenters. The van der Waals surface area contributed by atoms with Crippen LogP contribution in [0.5, 0.6) is 0 Å². The van der Waals surface area contributed by atoms with Crippen molar-refractivity contribution in [2.75, 3.05) is 7.05 Å². The molecule has 5 nitrogen and oxygen atoms in total. The molecule has 13 heavy (non-hydrogen) atoms. The van der Waals surface area contributed by atoms with Crippen molar-refractivity contribution in [1.82, 2.24) is 10.0 Å². The summed E-state index contributed by atoms with van der Waals surface area (Å²) in [5.41, 5.74) is 12.2. The Balaban J connectivity index is 2.44. The highest BCUT2D eigenvalue weighted by atomic mass is 15.7. The molecule has 0 aromatic carbocycles. The molecule has 2 rings (SSSR count). The van der Waals surface area contributed by atoms with Gasteiger partial charge >= 0.3 is 0 Å². The van der Waals surface area contributed by atoms with Crippen molar-refractivity contribution in [3.8, 4) is 0 Å². The number of aliphatic imine (C=N–C) groups is 1. The van der Waals surface area contributed by atoms with E-state index in [1.807, 2.05) is 30.2 Å². The van der Waals surface area contributed by atoms with Gasteiger partial charge < -0.3 is 11.5 Å². The molecule has 0 aromatic rings. The lowest BCUT2D eigenvalue weighted by molar-refractivity contribution is 0.0886. The molecule has 0 aromatic heterocycles. The second-order valence-electron chi connectivity index (χ2n) is 3.23. The Bertz CT molecular complexity index is 327. The Morgan fingerprint density at radius 1 is 1.46 bits per heavy atom. The van der Waals surface area contributed by atoms with Crippen molar-refractivity contribution < 1.29 is 0 Å². The zero-order valence-electron chi connectivity index (χ0n) is 7.73. The third-order valence-electron chi connectivity index (χ3n) is 2.45. The smallest absolute Gasteiger partial charge is 0.170 e. The van der Waals surface area contributed by atoms with Gasteiger partial charge in [-0.05, 0) is 13.0 Å². The maximum Gasteiger partial charge on any atom is 0.170 e. The first-order chi connectivity index (χ1) is 6.11. The first kappa shape index (κ1) is 8.12. The van der Waals surface area contributed by atoms with Crippen LogP contribution >= 0.6 is 0 Å². The maximum atomic E-state index is 5.89. The molecule has 0 saturated carbocycles. The van der Waals surface area contributed by atoms with E-state index in [1.54, 1.807) is 6.08 Å². The summed E-state index contributed by atoms with van der Waals surface area (Å²) in [6.07, 6.45) is 3.62. The highest BCUT2D eigenvalue weighted by molar-refractivity contribution is 5.92. The van der Waals surface area contributed by atoms with Crippen LogP contribution in [0.25, 0.3) is 0 Å². The molecule has 2 aliphatic heterocycles. The molecule has 70 valence electrons. The van der Waals surface area contributed by atoms with E-state index < -0.39 is 0 Å². The second kappa shape index (κ2) is 2.50. The van der Waals surface area contributed by atoms with Crippen LogP contribution < -0.4 is 11.5 Å². The van der Waals surface area contributed by atoms with E-state index in [9.17, 15) is 0 Å². The first-order valence-corrected chi connectivity index (χ1v) is 4.15. The minimum atomic E-state index is 0.175. The van der Waals surface area contributed by atoms with Crippen LogP contribution in [0.2, 0.25) is 0 Å². The average molecular weight is 179 g/mol. The molecule has 0 bridgehead atoms. The van der Waals surface area contributed by atoms with Gasteiger partial charge in [0.2, 0.25) is 0 Å². The molecule has 2 heterocycles. The van der Waals surface area contributed by atoms with Crippen LogP contribution in [-0.4, -0.2) is 28.9 Å². The molecular formula is C8H13N5. The van der Waals surface area contributed by atoms with E-state index in [2.05, 4.69) is 4.99 Å². The van der Waals surface area contributed by atoms with E-state index >= 15 is 0 Å². The minimum absolute atomic E-state index is 0.175. The predicted octanol–water partition coefficient (Wildman–Crippen LogP) is -0.450. The lowest BCUT2D eigenvalue weighted by atomic mass is 10.2. The van der Waals surface area contributed by atoms with Gasteiger partial charge in [0.1, 0.15) is 5.84 Å². The molecule has 4 N–H and O–H groups in total. The van der Waals surface area contributed by atoms with Crippen molar-refractivity contribution in [2.45, 2.75) is 13.0 Å². The van der Waals surface area contributed by atoms with E-state index in [0.717, 1.165) is 11.5 Å². The van der Waals surface area contributed by atoms with Gasteiger partial charge in [-0.2, -0.15) is 0 Å². The van der Waals surface area contributed by atoms with E-state index in [0.29, 0.717) is 5.84 Å². The quantitative estimate of drug-likeness (QED) is 0.528. The number of rotatable bonds is 0. The van der Waals surface area contributed by atoms with Gasteiger partial charge in [0.25, 0.3) is 0 Å². The van der Waals surface area contributed by atoms with Gasteiger partial charge in [0, 0.05) is 13.2 Å². The molecule has 0 amide bonds. The number of nitrogens with two attached hydrogens (primary N) is 2. The van der Waals surface area contributed by atoms with Crippen LogP contribution in [0.1, 0.15) is 6.92 Å². The molecule has 2 aliphatic rings. The summed E-state index contributed by atoms with van der Waals surface area (Å²) < 4.78 is 0. The Morgan fingerprint density at radius 2 is 2.15 bits per heavy atom. The van der Waals surface area contributed by atoms with Crippen LogP contribution in [-0.2, 0) is 0 Å². The van der Waals surface area contributed by atoms with E-state index in [-0.39, 0.29) is 6.04 Å². The molecule has 0 fully saturated rings. The van der Waals surface area contributed by atoms with Gasteiger partial charge in [0.05, 0.1) is 11.7 Å². The standard InChI is InChI=1S/C8H13N5/c1-5-7(10)8-11-6(9)3-4-13(8)12(5)2/h3-5H,10H2,1-2H3,(H2,9,11). The molecule has 1 atom stereocenters. The largest absolute Gasteiger partial charge is 0.398 e.